The second-order valence-electron chi connectivity index (χ2n) is 16.0. The van der Waals surface area contributed by atoms with Crippen molar-refractivity contribution in [2.75, 3.05) is 51.7 Å². The molecule has 0 bridgehead atoms. The van der Waals surface area contributed by atoms with Crippen LogP contribution in [0.5, 0.6) is 0 Å². The fourth-order valence-electron chi connectivity index (χ4n) is 7.15. The van der Waals surface area contributed by atoms with Gasteiger partial charge in [-0.2, -0.15) is 0 Å². The molecule has 6 aromatic rings. The normalized spacial score (nSPS) is 11.7. The highest BCUT2D eigenvalue weighted by Gasteiger charge is 2.25. The first-order valence-electron chi connectivity index (χ1n) is 22.3. The smallest absolute Gasteiger partial charge is 0.412 e. The number of aromatic nitrogens is 2. The first-order valence-corrected chi connectivity index (χ1v) is 23.0. The van der Waals surface area contributed by atoms with E-state index < -0.39 is 41.9 Å². The Bertz CT molecular complexity index is 2750. The topological polar surface area (TPSA) is 190 Å². The molecular formula is C51H54Cl2F2N6O9. The number of hydrogen-bond donors (Lipinski definition) is 3. The number of nitrogens with zero attached hydrogens (tertiary/aromatic N) is 4. The number of hydrogen-bond acceptors (Lipinski definition) is 11. The maximum Gasteiger partial charge on any atom is 0.412 e. The SMILES string of the molecule is CN(C(=O)CCc1cccc(F)c1Cl)[C@@H](CCCO)COC(=O)Nc1cc2ccccc2cn1.COC(=O)CC[C@@H](COC(=O)Nc1cc2ccccc2cn1)N(C)C(=O)CCc1cccc(F)c1Cl. The zero-order chi connectivity index (χ0) is 50.6. The van der Waals surface area contributed by atoms with E-state index in [-0.39, 0.29) is 80.2 Å². The van der Waals surface area contributed by atoms with Gasteiger partial charge in [0.15, 0.2) is 0 Å². The van der Waals surface area contributed by atoms with Crippen molar-refractivity contribution in [3.8, 4) is 0 Å². The Morgan fingerprint density at radius 3 is 1.49 bits per heavy atom. The largest absolute Gasteiger partial charge is 0.469 e. The number of methoxy groups -OCH3 is 1. The second-order valence-corrected chi connectivity index (χ2v) is 16.8. The quantitative estimate of drug-likeness (QED) is 0.0488. The zero-order valence-corrected chi connectivity index (χ0v) is 40.4. The highest BCUT2D eigenvalue weighted by atomic mass is 35.5. The molecule has 0 saturated carbocycles. The third-order valence-electron chi connectivity index (χ3n) is 11.3. The monoisotopic (exact) mass is 1000 g/mol. The number of halogens is 4. The third kappa shape index (κ3) is 16.3. The molecule has 4 amide bonds. The molecule has 0 fully saturated rings. The lowest BCUT2D eigenvalue weighted by Crippen LogP contribution is -2.41. The van der Waals surface area contributed by atoms with E-state index >= 15 is 0 Å². The van der Waals surface area contributed by atoms with Gasteiger partial charge in [-0.25, -0.2) is 28.3 Å². The molecule has 2 aromatic heterocycles. The third-order valence-corrected chi connectivity index (χ3v) is 12.1. The van der Waals surface area contributed by atoms with Crippen LogP contribution in [0.4, 0.5) is 30.0 Å². The van der Waals surface area contributed by atoms with Crippen LogP contribution in [0.15, 0.2) is 109 Å². The number of rotatable bonds is 20. The van der Waals surface area contributed by atoms with Crippen LogP contribution in [0.1, 0.15) is 49.7 Å². The maximum atomic E-state index is 13.7. The van der Waals surface area contributed by atoms with Gasteiger partial charge >= 0.3 is 18.2 Å². The van der Waals surface area contributed by atoms with E-state index in [1.807, 2.05) is 48.5 Å². The van der Waals surface area contributed by atoms with Crippen LogP contribution in [0.3, 0.4) is 0 Å². The molecule has 15 nitrogen and oxygen atoms in total. The molecule has 6 rings (SSSR count). The summed E-state index contributed by atoms with van der Waals surface area (Å²) in [7, 11) is 4.45. The van der Waals surface area contributed by atoms with Crippen molar-refractivity contribution in [1.29, 1.82) is 0 Å². The minimum atomic E-state index is -0.742. The lowest BCUT2D eigenvalue weighted by atomic mass is 10.1. The molecular weight excluding hydrogens is 949 g/mol. The predicted octanol–water partition coefficient (Wildman–Crippen LogP) is 9.80. The molecule has 70 heavy (non-hydrogen) atoms. The van der Waals surface area contributed by atoms with Gasteiger partial charge in [0.05, 0.1) is 29.2 Å². The Morgan fingerprint density at radius 2 is 1.06 bits per heavy atom. The van der Waals surface area contributed by atoms with Crippen LogP contribution in [0.25, 0.3) is 21.5 Å². The fraction of sp³-hybridized carbons (Fsp3) is 0.314. The summed E-state index contributed by atoms with van der Waals surface area (Å²) in [6.45, 7) is -0.258. The number of amides is 4. The van der Waals surface area contributed by atoms with Gasteiger partial charge in [-0.3, -0.25) is 25.0 Å². The summed E-state index contributed by atoms with van der Waals surface area (Å²) in [5, 5.41) is 18.1. The minimum Gasteiger partial charge on any atom is -0.469 e. The number of aliphatic hydroxyl groups excluding tert-OH is 1. The molecule has 0 unspecified atom stereocenters. The van der Waals surface area contributed by atoms with E-state index in [1.165, 1.54) is 35.1 Å². The molecule has 3 N–H and O–H groups in total. The summed E-state index contributed by atoms with van der Waals surface area (Å²) in [5.74, 6) is -1.33. The molecule has 0 saturated heterocycles. The van der Waals surface area contributed by atoms with Gasteiger partial charge in [-0.1, -0.05) is 96.0 Å². The van der Waals surface area contributed by atoms with E-state index in [4.69, 9.17) is 32.7 Å². The Hall–Kier alpha value is -6.95. The van der Waals surface area contributed by atoms with Crippen molar-refractivity contribution < 1.29 is 52.1 Å². The number of likely N-dealkylation sites (N-methyl/N-ethyl adjacent to an activating group) is 2. The molecule has 0 aliphatic carbocycles. The van der Waals surface area contributed by atoms with Crippen LogP contribution in [0.2, 0.25) is 10.0 Å². The zero-order valence-electron chi connectivity index (χ0n) is 38.8. The van der Waals surface area contributed by atoms with Gasteiger partial charge < -0.3 is 29.1 Å². The number of aliphatic hydroxyl groups is 1. The second kappa shape index (κ2) is 27.3. The molecule has 370 valence electrons. The average molecular weight is 1000 g/mol. The summed E-state index contributed by atoms with van der Waals surface area (Å²) in [4.78, 5) is 73.3. The van der Waals surface area contributed by atoms with Crippen molar-refractivity contribution in [3.63, 3.8) is 0 Å². The number of fused-ring (bicyclic) bond motifs is 2. The maximum absolute atomic E-state index is 13.7. The van der Waals surface area contributed by atoms with Gasteiger partial charge in [-0.05, 0) is 78.3 Å². The first-order chi connectivity index (χ1) is 33.7. The number of carbonyl (C=O) groups excluding carboxylic acids is 5. The molecule has 2 atom stereocenters. The van der Waals surface area contributed by atoms with Gasteiger partial charge in [0.1, 0.15) is 36.5 Å². The van der Waals surface area contributed by atoms with Crippen molar-refractivity contribution in [3.05, 3.63) is 142 Å². The number of esters is 1. The number of ether oxygens (including phenoxy) is 3. The van der Waals surface area contributed by atoms with Crippen LogP contribution >= 0.6 is 23.2 Å². The molecule has 0 aliphatic rings. The Kier molecular flexibility index (Phi) is 21.1. The summed E-state index contributed by atoms with van der Waals surface area (Å²) < 4.78 is 42.7. The Labute approximate surface area is 414 Å². The van der Waals surface area contributed by atoms with Crippen molar-refractivity contribution in [2.45, 2.75) is 63.5 Å². The number of benzene rings is 4. The number of nitrogens with one attached hydrogen (secondary N) is 2. The number of anilines is 2. The summed E-state index contributed by atoms with van der Waals surface area (Å²) in [6, 6.07) is 26.6. The molecule has 2 heterocycles. The highest BCUT2D eigenvalue weighted by molar-refractivity contribution is 6.31. The van der Waals surface area contributed by atoms with Gasteiger partial charge in [0.25, 0.3) is 0 Å². The Morgan fingerprint density at radius 1 is 0.629 bits per heavy atom. The van der Waals surface area contributed by atoms with Gasteiger partial charge in [-0.15, -0.1) is 0 Å². The number of aryl methyl sites for hydroxylation is 2. The van der Waals surface area contributed by atoms with Gasteiger partial charge in [0, 0.05) is 63.1 Å². The molecule has 0 aliphatic heterocycles. The average Bonchev–Trinajstić information content (AvgIpc) is 3.36. The minimum absolute atomic E-state index is 0.0112. The molecule has 4 aromatic carbocycles. The molecule has 0 spiro atoms. The van der Waals surface area contributed by atoms with E-state index in [9.17, 15) is 37.9 Å². The van der Waals surface area contributed by atoms with Crippen LogP contribution in [-0.2, 0) is 41.4 Å². The van der Waals surface area contributed by atoms with Crippen molar-refractivity contribution in [1.82, 2.24) is 19.8 Å². The molecule has 19 heteroatoms. The van der Waals surface area contributed by atoms with E-state index in [1.54, 1.807) is 56.8 Å². The van der Waals surface area contributed by atoms with Crippen molar-refractivity contribution in [2.24, 2.45) is 0 Å². The summed E-state index contributed by atoms with van der Waals surface area (Å²) in [6.07, 6.45) is 3.69. The fourth-order valence-corrected chi connectivity index (χ4v) is 7.59. The Balaban J connectivity index is 0.000000261. The molecule has 0 radical (unpaired) electrons. The summed E-state index contributed by atoms with van der Waals surface area (Å²) >= 11 is 12.0. The van der Waals surface area contributed by atoms with Crippen LogP contribution in [0, 0.1) is 11.6 Å². The van der Waals surface area contributed by atoms with Crippen LogP contribution < -0.4 is 10.6 Å². The highest BCUT2D eigenvalue weighted by Crippen LogP contribution is 2.24. The standard InChI is InChI=1S/C26H27ClFN3O5.C25H27ClFN3O4/c1-31(23(32)12-10-17-8-5-9-21(28)25(17)27)20(11-13-24(33)35-2)16-36-26(34)30-22-14-18-6-3-4-7-19(18)15-29-22;1-30(23(32)12-11-17-8-4-10-21(27)24(17)26)20(9-5-13-31)16-34-25(33)29-22-14-18-6-2-3-7-19(18)15-28-22/h3-9,14-15,20H,10-13,16H2,1-2H3,(H,29,30,34);2-4,6-8,10,14-15,20,31H,5,9,11-13,16H2,1H3,(H,28,29,33)/t2*20-/m00/s1. The lowest BCUT2D eigenvalue weighted by Gasteiger charge is -2.28. The lowest BCUT2D eigenvalue weighted by molar-refractivity contribution is -0.142. The van der Waals surface area contributed by atoms with E-state index in [0.717, 1.165) is 21.5 Å². The van der Waals surface area contributed by atoms with E-state index in [2.05, 4.69) is 25.3 Å². The van der Waals surface area contributed by atoms with Gasteiger partial charge in [0.2, 0.25) is 11.8 Å². The number of pyridine rings is 2. The number of carbonyl (C=O) groups is 5. The predicted molar refractivity (Wildman–Crippen MR) is 264 cm³/mol. The van der Waals surface area contributed by atoms with Crippen molar-refractivity contribution >= 4 is 86.4 Å². The van der Waals surface area contributed by atoms with E-state index in [0.29, 0.717) is 35.6 Å². The van der Waals surface area contributed by atoms with Crippen LogP contribution in [-0.4, -0.2) is 108 Å². The first kappa shape index (κ1) is 54.0. The summed E-state index contributed by atoms with van der Waals surface area (Å²) in [5.41, 5.74) is 1.07.